The molecule has 3 heteroatoms. The fourth-order valence-electron chi connectivity index (χ4n) is 4.83. The summed E-state index contributed by atoms with van der Waals surface area (Å²) < 4.78 is 0. The minimum absolute atomic E-state index is 0.244. The maximum absolute atomic E-state index is 10.6. The van der Waals surface area contributed by atoms with E-state index >= 15 is 0 Å². The van der Waals surface area contributed by atoms with E-state index < -0.39 is 0 Å². The van der Waals surface area contributed by atoms with Gasteiger partial charge in [-0.25, -0.2) is 0 Å². The van der Waals surface area contributed by atoms with E-state index in [2.05, 4.69) is 25.7 Å². The topological polar surface area (TPSA) is 43.7 Å². The Morgan fingerprint density at radius 2 is 0.727 bits per heavy atom. The normalized spacial score (nSPS) is 13.6. The van der Waals surface area contributed by atoms with Crippen LogP contribution in [0.1, 0.15) is 162 Å². The zero-order chi connectivity index (χ0) is 24.4. The number of hydrogen-bond acceptors (Lipinski definition) is 3. The molecule has 0 aromatic heterocycles. The lowest BCUT2D eigenvalue weighted by atomic mass is 10.0. The van der Waals surface area contributed by atoms with Gasteiger partial charge in [-0.15, -0.1) is 0 Å². The van der Waals surface area contributed by atoms with Crippen molar-refractivity contribution in [1.82, 2.24) is 4.90 Å². The van der Waals surface area contributed by atoms with Crippen molar-refractivity contribution in [2.24, 2.45) is 0 Å². The largest absolute Gasteiger partial charge is 0.392 e. The van der Waals surface area contributed by atoms with Crippen molar-refractivity contribution in [1.29, 1.82) is 0 Å². The molecule has 0 bridgehead atoms. The van der Waals surface area contributed by atoms with E-state index in [0.29, 0.717) is 0 Å². The van der Waals surface area contributed by atoms with Crippen LogP contribution in [0.15, 0.2) is 0 Å². The summed E-state index contributed by atoms with van der Waals surface area (Å²) >= 11 is 0. The predicted molar refractivity (Wildman–Crippen MR) is 147 cm³/mol. The van der Waals surface area contributed by atoms with Gasteiger partial charge in [0.2, 0.25) is 0 Å². The van der Waals surface area contributed by atoms with Gasteiger partial charge in [0.15, 0.2) is 0 Å². The summed E-state index contributed by atoms with van der Waals surface area (Å²) in [5, 5.41) is 21.3. The number of aliphatic hydroxyl groups is 2. The van der Waals surface area contributed by atoms with Crippen molar-refractivity contribution in [2.75, 3.05) is 19.6 Å². The summed E-state index contributed by atoms with van der Waals surface area (Å²) in [5.74, 6) is 0. The van der Waals surface area contributed by atoms with Crippen LogP contribution in [0.4, 0.5) is 0 Å². The molecule has 0 aromatic rings. The highest BCUT2D eigenvalue weighted by molar-refractivity contribution is 4.70. The molecular formula is C30H63NO2. The van der Waals surface area contributed by atoms with Crippen LogP contribution in [0.3, 0.4) is 0 Å². The predicted octanol–water partition coefficient (Wildman–Crippen LogP) is 8.65. The molecule has 3 nitrogen and oxygen atoms in total. The average molecular weight is 470 g/mol. The van der Waals surface area contributed by atoms with Crippen LogP contribution in [0.2, 0.25) is 0 Å². The Bertz CT molecular complexity index is 339. The molecule has 2 atom stereocenters. The molecule has 33 heavy (non-hydrogen) atoms. The third-order valence-electron chi connectivity index (χ3n) is 7.05. The van der Waals surface area contributed by atoms with E-state index in [0.717, 1.165) is 45.3 Å². The highest BCUT2D eigenvalue weighted by Gasteiger charge is 2.15. The minimum atomic E-state index is -0.244. The fraction of sp³-hybridized carbons (Fsp3) is 1.00. The molecule has 0 rings (SSSR count). The van der Waals surface area contributed by atoms with Gasteiger partial charge in [-0.1, -0.05) is 143 Å². The second kappa shape index (κ2) is 26.5. The monoisotopic (exact) mass is 469 g/mol. The second-order valence-corrected chi connectivity index (χ2v) is 10.7. The number of rotatable bonds is 27. The molecule has 2 N–H and O–H groups in total. The molecule has 0 aromatic carbocycles. The summed E-state index contributed by atoms with van der Waals surface area (Å²) in [4.78, 5) is 2.36. The van der Waals surface area contributed by atoms with Crippen LogP contribution in [-0.4, -0.2) is 47.0 Å². The molecule has 0 radical (unpaired) electrons. The van der Waals surface area contributed by atoms with Gasteiger partial charge >= 0.3 is 0 Å². The lowest BCUT2D eigenvalue weighted by Crippen LogP contribution is -2.38. The van der Waals surface area contributed by atoms with Crippen molar-refractivity contribution >= 4 is 0 Å². The van der Waals surface area contributed by atoms with Crippen molar-refractivity contribution in [3.05, 3.63) is 0 Å². The summed E-state index contributed by atoms with van der Waals surface area (Å²) in [7, 11) is 0. The van der Waals surface area contributed by atoms with Crippen LogP contribution in [0.5, 0.6) is 0 Å². The molecule has 0 spiro atoms. The van der Waals surface area contributed by atoms with Crippen molar-refractivity contribution in [3.8, 4) is 0 Å². The van der Waals surface area contributed by atoms with Gasteiger partial charge in [0, 0.05) is 13.1 Å². The molecule has 0 aliphatic carbocycles. The molecule has 0 aliphatic rings. The standard InChI is InChI=1S/C30H63NO2/c1-4-7-10-13-16-17-20-23-26-31(27-29(32)24-21-18-14-11-8-5-2)28-30(33)25-22-19-15-12-9-6-3/h29-30,32-33H,4-28H2,1-3H3. The van der Waals surface area contributed by atoms with E-state index in [1.54, 1.807) is 0 Å². The second-order valence-electron chi connectivity index (χ2n) is 10.7. The smallest absolute Gasteiger partial charge is 0.0667 e. The van der Waals surface area contributed by atoms with Gasteiger partial charge in [-0.2, -0.15) is 0 Å². The summed E-state index contributed by atoms with van der Waals surface area (Å²) in [6.45, 7) is 9.28. The number of aliphatic hydroxyl groups excluding tert-OH is 2. The fourth-order valence-corrected chi connectivity index (χ4v) is 4.83. The van der Waals surface area contributed by atoms with Crippen molar-refractivity contribution in [3.63, 3.8) is 0 Å². The molecule has 0 aliphatic heterocycles. The third kappa shape index (κ3) is 24.8. The maximum Gasteiger partial charge on any atom is 0.0667 e. The van der Waals surface area contributed by atoms with E-state index in [9.17, 15) is 10.2 Å². The Balaban J connectivity index is 4.19. The lowest BCUT2D eigenvalue weighted by Gasteiger charge is -2.27. The van der Waals surface area contributed by atoms with Crippen molar-refractivity contribution < 1.29 is 10.2 Å². The molecule has 200 valence electrons. The van der Waals surface area contributed by atoms with Gasteiger partial charge < -0.3 is 10.2 Å². The highest BCUT2D eigenvalue weighted by Crippen LogP contribution is 2.14. The van der Waals surface area contributed by atoms with Crippen LogP contribution in [-0.2, 0) is 0 Å². The van der Waals surface area contributed by atoms with E-state index in [-0.39, 0.29) is 12.2 Å². The Labute approximate surface area is 209 Å². The van der Waals surface area contributed by atoms with Gasteiger partial charge in [0.1, 0.15) is 0 Å². The Morgan fingerprint density at radius 3 is 1.09 bits per heavy atom. The van der Waals surface area contributed by atoms with E-state index in [1.807, 2.05) is 0 Å². The molecule has 0 saturated carbocycles. The molecule has 0 heterocycles. The van der Waals surface area contributed by atoms with Gasteiger partial charge in [0.05, 0.1) is 12.2 Å². The van der Waals surface area contributed by atoms with Gasteiger partial charge in [0.25, 0.3) is 0 Å². The molecule has 0 saturated heterocycles. The number of nitrogens with zero attached hydrogens (tertiary/aromatic N) is 1. The van der Waals surface area contributed by atoms with Crippen LogP contribution < -0.4 is 0 Å². The molecule has 2 unspecified atom stereocenters. The van der Waals surface area contributed by atoms with E-state index in [1.165, 1.54) is 116 Å². The van der Waals surface area contributed by atoms with Crippen LogP contribution in [0, 0.1) is 0 Å². The van der Waals surface area contributed by atoms with Crippen molar-refractivity contribution in [2.45, 2.75) is 174 Å². The summed E-state index contributed by atoms with van der Waals surface area (Å²) in [6.07, 6.45) is 27.3. The Kier molecular flexibility index (Phi) is 26.4. The first-order valence-corrected chi connectivity index (χ1v) is 15.2. The van der Waals surface area contributed by atoms with Crippen LogP contribution >= 0.6 is 0 Å². The first-order valence-electron chi connectivity index (χ1n) is 15.2. The van der Waals surface area contributed by atoms with Gasteiger partial charge in [-0.3, -0.25) is 4.90 Å². The zero-order valence-corrected chi connectivity index (χ0v) is 23.2. The van der Waals surface area contributed by atoms with Crippen LogP contribution in [0.25, 0.3) is 0 Å². The first kappa shape index (κ1) is 32.9. The number of hydrogen-bond donors (Lipinski definition) is 2. The quantitative estimate of drug-likeness (QED) is 0.118. The first-order chi connectivity index (χ1) is 16.1. The molecule has 0 fully saturated rings. The summed E-state index contributed by atoms with van der Waals surface area (Å²) in [5.41, 5.74) is 0. The number of unbranched alkanes of at least 4 members (excludes halogenated alkanes) is 17. The minimum Gasteiger partial charge on any atom is -0.392 e. The maximum atomic E-state index is 10.6. The molecule has 0 amide bonds. The Hall–Kier alpha value is -0.120. The SMILES string of the molecule is CCCCCCCCCCN(CC(O)CCCCCCCC)CC(O)CCCCCCCC. The van der Waals surface area contributed by atoms with E-state index in [4.69, 9.17) is 0 Å². The van der Waals surface area contributed by atoms with Gasteiger partial charge in [-0.05, 0) is 25.8 Å². The summed E-state index contributed by atoms with van der Waals surface area (Å²) in [6, 6.07) is 0. The zero-order valence-electron chi connectivity index (χ0n) is 23.2. The average Bonchev–Trinajstić information content (AvgIpc) is 2.80. The third-order valence-corrected chi connectivity index (χ3v) is 7.05. The Morgan fingerprint density at radius 1 is 0.424 bits per heavy atom. The molecular weight excluding hydrogens is 406 g/mol. The highest BCUT2D eigenvalue weighted by atomic mass is 16.3. The lowest BCUT2D eigenvalue weighted by molar-refractivity contribution is 0.0596.